The van der Waals surface area contributed by atoms with Gasteiger partial charge < -0.3 is 0 Å². The van der Waals surface area contributed by atoms with E-state index in [1.54, 1.807) is 24.3 Å². The number of hydrogen-bond donors (Lipinski definition) is 0. The summed E-state index contributed by atoms with van der Waals surface area (Å²) in [5, 5.41) is 4.27. The highest BCUT2D eigenvalue weighted by Gasteiger charge is 2.08. The van der Waals surface area contributed by atoms with E-state index in [9.17, 15) is 9.18 Å². The van der Waals surface area contributed by atoms with Crippen molar-refractivity contribution in [3.63, 3.8) is 0 Å². The van der Waals surface area contributed by atoms with E-state index in [1.165, 1.54) is 16.8 Å². The molecule has 0 N–H and O–H groups in total. The summed E-state index contributed by atoms with van der Waals surface area (Å²) in [5.74, 6) is -0.358. The van der Waals surface area contributed by atoms with E-state index in [1.807, 2.05) is 24.3 Å². The van der Waals surface area contributed by atoms with Crippen LogP contribution in [-0.2, 0) is 6.54 Å². The number of halogens is 2. The maximum Gasteiger partial charge on any atom is 0.267 e. The molecule has 22 heavy (non-hydrogen) atoms. The highest BCUT2D eigenvalue weighted by atomic mass is 79.9. The molecule has 0 saturated heterocycles. The first kappa shape index (κ1) is 14.7. The Kier molecular flexibility index (Phi) is 4.15. The SMILES string of the molecule is O=c1ccc(-c2ccccc2F)nn1Cc1ccc(Br)cc1. The van der Waals surface area contributed by atoms with Gasteiger partial charge in [0.05, 0.1) is 12.2 Å². The van der Waals surface area contributed by atoms with Crippen molar-refractivity contribution in [1.29, 1.82) is 0 Å². The number of rotatable bonds is 3. The van der Waals surface area contributed by atoms with E-state index in [0.717, 1.165) is 10.0 Å². The molecule has 0 fully saturated rings. The lowest BCUT2D eigenvalue weighted by molar-refractivity contribution is 0.620. The zero-order valence-corrected chi connectivity index (χ0v) is 13.1. The average Bonchev–Trinajstić information content (AvgIpc) is 2.52. The van der Waals surface area contributed by atoms with Crippen molar-refractivity contribution in [1.82, 2.24) is 9.78 Å². The number of aromatic nitrogens is 2. The molecule has 0 saturated carbocycles. The molecule has 2 aromatic carbocycles. The molecule has 110 valence electrons. The second-order valence-corrected chi connectivity index (χ2v) is 5.74. The average molecular weight is 359 g/mol. The van der Waals surface area contributed by atoms with Gasteiger partial charge >= 0.3 is 0 Å². The molecular weight excluding hydrogens is 347 g/mol. The summed E-state index contributed by atoms with van der Waals surface area (Å²) in [5.41, 5.74) is 1.55. The van der Waals surface area contributed by atoms with Crippen molar-refractivity contribution in [3.05, 3.63) is 86.9 Å². The van der Waals surface area contributed by atoms with Crippen LogP contribution in [0.5, 0.6) is 0 Å². The molecule has 5 heteroatoms. The molecule has 0 atom stereocenters. The molecule has 0 aliphatic carbocycles. The van der Waals surface area contributed by atoms with Crippen LogP contribution >= 0.6 is 15.9 Å². The normalized spacial score (nSPS) is 10.6. The van der Waals surface area contributed by atoms with Crippen molar-refractivity contribution in [2.24, 2.45) is 0 Å². The molecule has 1 aromatic heterocycles. The fourth-order valence-electron chi connectivity index (χ4n) is 2.14. The zero-order chi connectivity index (χ0) is 15.5. The Balaban J connectivity index is 1.98. The summed E-state index contributed by atoms with van der Waals surface area (Å²) in [6.07, 6.45) is 0. The molecule has 0 aliphatic rings. The molecule has 1 heterocycles. The van der Waals surface area contributed by atoms with Crippen LogP contribution in [0.15, 0.2) is 69.9 Å². The standard InChI is InChI=1S/C17H12BrFN2O/c18-13-7-5-12(6-8-13)11-21-17(22)10-9-16(20-21)14-3-1-2-4-15(14)19/h1-10H,11H2. The van der Waals surface area contributed by atoms with Gasteiger partial charge in [0.15, 0.2) is 0 Å². The Morgan fingerprint density at radius 3 is 2.45 bits per heavy atom. The van der Waals surface area contributed by atoms with E-state index < -0.39 is 0 Å². The second kappa shape index (κ2) is 6.23. The third-order valence-corrected chi connectivity index (χ3v) is 3.79. The van der Waals surface area contributed by atoms with Crippen molar-refractivity contribution in [3.8, 4) is 11.3 Å². The Morgan fingerprint density at radius 2 is 1.73 bits per heavy atom. The van der Waals surface area contributed by atoms with E-state index in [4.69, 9.17) is 0 Å². The van der Waals surface area contributed by atoms with Crippen LogP contribution in [0.25, 0.3) is 11.3 Å². The zero-order valence-electron chi connectivity index (χ0n) is 11.5. The third kappa shape index (κ3) is 3.14. The lowest BCUT2D eigenvalue weighted by atomic mass is 10.1. The highest BCUT2D eigenvalue weighted by molar-refractivity contribution is 9.10. The van der Waals surface area contributed by atoms with Crippen molar-refractivity contribution in [2.75, 3.05) is 0 Å². The highest BCUT2D eigenvalue weighted by Crippen LogP contribution is 2.19. The van der Waals surface area contributed by atoms with E-state index >= 15 is 0 Å². The van der Waals surface area contributed by atoms with Crippen LogP contribution in [0.3, 0.4) is 0 Å². The Labute approximate surface area is 135 Å². The molecule has 0 unspecified atom stereocenters. The maximum absolute atomic E-state index is 13.8. The number of benzene rings is 2. The van der Waals surface area contributed by atoms with Gasteiger partial charge in [0.25, 0.3) is 5.56 Å². The quantitative estimate of drug-likeness (QED) is 0.712. The van der Waals surface area contributed by atoms with Gasteiger partial charge in [-0.3, -0.25) is 4.79 Å². The van der Waals surface area contributed by atoms with Gasteiger partial charge in [-0.25, -0.2) is 9.07 Å². The predicted octanol–water partition coefficient (Wildman–Crippen LogP) is 3.86. The predicted molar refractivity (Wildman–Crippen MR) is 87.1 cm³/mol. The molecule has 0 spiro atoms. The van der Waals surface area contributed by atoms with Gasteiger partial charge in [-0.1, -0.05) is 40.2 Å². The summed E-state index contributed by atoms with van der Waals surface area (Å²) in [6, 6.07) is 17.0. The lowest BCUT2D eigenvalue weighted by Crippen LogP contribution is -2.22. The maximum atomic E-state index is 13.8. The summed E-state index contributed by atoms with van der Waals surface area (Å²) < 4.78 is 16.2. The molecule has 0 aliphatic heterocycles. The monoisotopic (exact) mass is 358 g/mol. The van der Waals surface area contributed by atoms with Gasteiger partial charge in [-0.15, -0.1) is 0 Å². The van der Waals surface area contributed by atoms with Crippen LogP contribution in [0.4, 0.5) is 4.39 Å². The molecule has 0 bridgehead atoms. The Bertz CT molecular complexity index is 859. The minimum absolute atomic E-state index is 0.219. The number of nitrogens with zero attached hydrogens (tertiary/aromatic N) is 2. The van der Waals surface area contributed by atoms with Crippen LogP contribution in [0, 0.1) is 5.82 Å². The van der Waals surface area contributed by atoms with Crippen LogP contribution < -0.4 is 5.56 Å². The topological polar surface area (TPSA) is 34.9 Å². The summed E-state index contributed by atoms with van der Waals surface area (Å²) in [6.45, 7) is 0.342. The fourth-order valence-corrected chi connectivity index (χ4v) is 2.40. The molecule has 0 radical (unpaired) electrons. The summed E-state index contributed by atoms with van der Waals surface area (Å²) >= 11 is 3.37. The third-order valence-electron chi connectivity index (χ3n) is 3.26. The second-order valence-electron chi connectivity index (χ2n) is 4.82. The van der Waals surface area contributed by atoms with E-state index in [0.29, 0.717) is 17.8 Å². The van der Waals surface area contributed by atoms with Crippen LogP contribution in [0.2, 0.25) is 0 Å². The van der Waals surface area contributed by atoms with Gasteiger partial charge in [0.2, 0.25) is 0 Å². The Hall–Kier alpha value is -2.27. The van der Waals surface area contributed by atoms with Crippen molar-refractivity contribution in [2.45, 2.75) is 6.54 Å². The molecule has 3 aromatic rings. The van der Waals surface area contributed by atoms with Gasteiger partial charge in [0.1, 0.15) is 5.82 Å². The van der Waals surface area contributed by atoms with Crippen molar-refractivity contribution >= 4 is 15.9 Å². The van der Waals surface area contributed by atoms with E-state index in [2.05, 4.69) is 21.0 Å². The number of hydrogen-bond acceptors (Lipinski definition) is 2. The van der Waals surface area contributed by atoms with E-state index in [-0.39, 0.29) is 11.4 Å². The van der Waals surface area contributed by atoms with Crippen LogP contribution in [0.1, 0.15) is 5.56 Å². The Morgan fingerprint density at radius 1 is 1.00 bits per heavy atom. The minimum atomic E-state index is -0.358. The van der Waals surface area contributed by atoms with Gasteiger partial charge in [-0.2, -0.15) is 5.10 Å². The first-order valence-electron chi connectivity index (χ1n) is 6.71. The summed E-state index contributed by atoms with van der Waals surface area (Å²) in [7, 11) is 0. The van der Waals surface area contributed by atoms with Crippen LogP contribution in [-0.4, -0.2) is 9.78 Å². The van der Waals surface area contributed by atoms with Gasteiger partial charge in [-0.05, 0) is 35.9 Å². The van der Waals surface area contributed by atoms with Crippen molar-refractivity contribution < 1.29 is 4.39 Å². The van der Waals surface area contributed by atoms with Gasteiger partial charge in [0, 0.05) is 16.1 Å². The summed E-state index contributed by atoms with van der Waals surface area (Å²) in [4.78, 5) is 12.0. The molecule has 3 nitrogen and oxygen atoms in total. The first-order valence-corrected chi connectivity index (χ1v) is 7.50. The smallest absolute Gasteiger partial charge is 0.267 e. The first-order chi connectivity index (χ1) is 10.6. The fraction of sp³-hybridized carbons (Fsp3) is 0.0588. The minimum Gasteiger partial charge on any atom is -0.268 e. The molecule has 0 amide bonds. The largest absolute Gasteiger partial charge is 0.268 e. The lowest BCUT2D eigenvalue weighted by Gasteiger charge is -2.08. The molecular formula is C17H12BrFN2O. The molecule has 3 rings (SSSR count).